The molecule has 2 N–H and O–H groups in total. The van der Waals surface area contributed by atoms with Crippen molar-refractivity contribution in [1.82, 2.24) is 15.5 Å². The number of nitrogens with one attached hydrogen (secondary N) is 2. The first-order valence-electron chi connectivity index (χ1n) is 13.1. The van der Waals surface area contributed by atoms with E-state index in [0.717, 1.165) is 75.6 Å². The van der Waals surface area contributed by atoms with Gasteiger partial charge in [-0.15, -0.1) is 0 Å². The quantitative estimate of drug-likeness (QED) is 0.396. The molecular weight excluding hydrogens is 513 g/mol. The van der Waals surface area contributed by atoms with Crippen molar-refractivity contribution in [3.63, 3.8) is 0 Å². The molecule has 2 saturated heterocycles. The highest BCUT2D eigenvalue weighted by Gasteiger charge is 2.32. The van der Waals surface area contributed by atoms with Crippen LogP contribution in [-0.2, 0) is 6.18 Å². The third kappa shape index (κ3) is 6.16. The Morgan fingerprint density at radius 2 is 1.54 bits per heavy atom. The van der Waals surface area contributed by atoms with Gasteiger partial charge in [-0.05, 0) is 56.2 Å². The van der Waals surface area contributed by atoms with E-state index >= 15 is 0 Å². The van der Waals surface area contributed by atoms with E-state index in [1.54, 1.807) is 36.7 Å². The molecule has 0 spiro atoms. The number of benzene rings is 2. The summed E-state index contributed by atoms with van der Waals surface area (Å²) in [5.41, 5.74) is 0.424. The lowest BCUT2D eigenvalue weighted by Gasteiger charge is -2.43. The van der Waals surface area contributed by atoms with Crippen molar-refractivity contribution < 1.29 is 22.8 Å². The molecule has 9 nitrogen and oxygen atoms in total. The zero-order valence-electron chi connectivity index (χ0n) is 21.8. The summed E-state index contributed by atoms with van der Waals surface area (Å²) in [4.78, 5) is 18.1. The number of hydrogen-bond donors (Lipinski definition) is 2. The number of halogens is 3. The van der Waals surface area contributed by atoms with Crippen molar-refractivity contribution in [2.45, 2.75) is 37.6 Å². The molecule has 12 heteroatoms. The van der Waals surface area contributed by atoms with Crippen LogP contribution in [0.5, 0.6) is 5.75 Å². The maximum Gasteiger partial charge on any atom is 0.416 e. The number of rotatable bonds is 7. The highest BCUT2D eigenvalue weighted by molar-refractivity contribution is 5.60. The van der Waals surface area contributed by atoms with Gasteiger partial charge < -0.3 is 25.2 Å². The van der Waals surface area contributed by atoms with Crippen molar-refractivity contribution >= 4 is 17.1 Å². The normalized spacial score (nSPS) is 20.0. The predicted molar refractivity (Wildman–Crippen MR) is 143 cm³/mol. The van der Waals surface area contributed by atoms with Gasteiger partial charge in [0.05, 0.1) is 10.5 Å². The fourth-order valence-electron chi connectivity index (χ4n) is 5.46. The number of ether oxygens (including phenoxy) is 1. The number of nitrogens with zero attached hydrogens (tertiary/aromatic N) is 4. The van der Waals surface area contributed by atoms with E-state index in [2.05, 4.69) is 25.3 Å². The molecule has 3 heterocycles. The van der Waals surface area contributed by atoms with E-state index in [-0.39, 0.29) is 18.0 Å². The average molecular weight is 547 g/mol. The van der Waals surface area contributed by atoms with Crippen LogP contribution in [0.25, 0.3) is 0 Å². The van der Waals surface area contributed by atoms with Gasteiger partial charge in [0, 0.05) is 75.2 Å². The fourth-order valence-corrected chi connectivity index (χ4v) is 5.46. The SMILES string of the molecule is CC1(COc2ccc(N3CCC(N4CCN(c5ccc(C(F)(F)F)cc5)CC4)CC3)cc2[N+](=O)[O-])NC=CN1. The number of alkyl halides is 3. The maximum absolute atomic E-state index is 12.9. The summed E-state index contributed by atoms with van der Waals surface area (Å²) in [5.74, 6) is 0.237. The summed E-state index contributed by atoms with van der Waals surface area (Å²) in [7, 11) is 0. The maximum atomic E-state index is 12.9. The second-order valence-corrected chi connectivity index (χ2v) is 10.4. The zero-order valence-corrected chi connectivity index (χ0v) is 21.8. The minimum Gasteiger partial charge on any atom is -0.482 e. The van der Waals surface area contributed by atoms with Crippen molar-refractivity contribution in [3.8, 4) is 5.75 Å². The number of piperazine rings is 1. The summed E-state index contributed by atoms with van der Waals surface area (Å²) in [6.45, 7) is 6.93. The number of hydrogen-bond acceptors (Lipinski definition) is 8. The van der Waals surface area contributed by atoms with Crippen LogP contribution in [0.4, 0.5) is 30.2 Å². The fraction of sp³-hybridized carbons (Fsp3) is 0.481. The van der Waals surface area contributed by atoms with E-state index < -0.39 is 22.3 Å². The Bertz CT molecular complexity index is 1180. The van der Waals surface area contributed by atoms with Crippen LogP contribution in [0, 0.1) is 10.1 Å². The van der Waals surface area contributed by atoms with Gasteiger partial charge >= 0.3 is 11.9 Å². The van der Waals surface area contributed by atoms with E-state index in [1.165, 1.54) is 0 Å². The third-order valence-corrected chi connectivity index (χ3v) is 7.76. The van der Waals surface area contributed by atoms with Crippen molar-refractivity contribution in [3.05, 3.63) is 70.5 Å². The highest BCUT2D eigenvalue weighted by atomic mass is 19.4. The molecule has 3 aliphatic rings. The molecule has 2 aromatic carbocycles. The van der Waals surface area contributed by atoms with E-state index in [9.17, 15) is 23.3 Å². The van der Waals surface area contributed by atoms with E-state index in [0.29, 0.717) is 6.04 Å². The number of nitro groups is 1. The molecule has 39 heavy (non-hydrogen) atoms. The molecule has 2 fully saturated rings. The van der Waals surface area contributed by atoms with Gasteiger partial charge in [0.15, 0.2) is 5.75 Å². The lowest BCUT2D eigenvalue weighted by Crippen LogP contribution is -2.53. The molecule has 0 aromatic heterocycles. The Labute approximate surface area is 225 Å². The van der Waals surface area contributed by atoms with Gasteiger partial charge in [0.25, 0.3) is 0 Å². The molecule has 0 radical (unpaired) electrons. The Morgan fingerprint density at radius 3 is 2.13 bits per heavy atom. The molecule has 210 valence electrons. The Morgan fingerprint density at radius 1 is 0.949 bits per heavy atom. The molecule has 0 aliphatic carbocycles. The van der Waals surface area contributed by atoms with Gasteiger partial charge in [-0.1, -0.05) is 0 Å². The summed E-state index contributed by atoms with van der Waals surface area (Å²) >= 11 is 0. The highest BCUT2D eigenvalue weighted by Crippen LogP contribution is 2.34. The standard InChI is InChI=1S/C27H33F3N6O3/c1-26(31-10-11-32-26)19-39-25-7-6-23(18-24(25)36(37)38)33-12-8-22(9-13-33)35-16-14-34(15-17-35)21-4-2-20(3-5-21)27(28,29)30/h2-7,10-11,18,22,31-32H,8-9,12-17,19H2,1H3. The Balaban J connectivity index is 1.13. The summed E-state index contributed by atoms with van der Waals surface area (Å²) in [6.07, 6.45) is 1.09. The largest absolute Gasteiger partial charge is 0.482 e. The average Bonchev–Trinajstić information content (AvgIpc) is 3.38. The molecule has 2 aromatic rings. The minimum absolute atomic E-state index is 0.0523. The van der Waals surface area contributed by atoms with Gasteiger partial charge in [0.1, 0.15) is 12.3 Å². The predicted octanol–water partition coefficient (Wildman–Crippen LogP) is 4.16. The molecule has 0 amide bonds. The number of piperidine rings is 1. The van der Waals surface area contributed by atoms with E-state index in [4.69, 9.17) is 4.74 Å². The first kappa shape index (κ1) is 26.9. The number of nitro benzene ring substituents is 1. The minimum atomic E-state index is -4.33. The van der Waals surface area contributed by atoms with Gasteiger partial charge in [0.2, 0.25) is 0 Å². The van der Waals surface area contributed by atoms with Crippen LogP contribution >= 0.6 is 0 Å². The van der Waals surface area contributed by atoms with Crippen LogP contribution in [0.3, 0.4) is 0 Å². The molecule has 3 aliphatic heterocycles. The molecule has 0 saturated carbocycles. The molecule has 0 unspecified atom stereocenters. The van der Waals surface area contributed by atoms with Crippen LogP contribution in [0.15, 0.2) is 54.9 Å². The first-order valence-corrected chi connectivity index (χ1v) is 13.1. The van der Waals surface area contributed by atoms with Crippen LogP contribution < -0.4 is 25.2 Å². The zero-order chi connectivity index (χ0) is 27.6. The Kier molecular flexibility index (Phi) is 7.48. The lowest BCUT2D eigenvalue weighted by molar-refractivity contribution is -0.385. The monoisotopic (exact) mass is 546 g/mol. The summed E-state index contributed by atoms with van der Waals surface area (Å²) in [6, 6.07) is 10.9. The van der Waals surface area contributed by atoms with E-state index in [1.807, 2.05) is 13.0 Å². The van der Waals surface area contributed by atoms with Crippen molar-refractivity contribution in [2.24, 2.45) is 0 Å². The summed E-state index contributed by atoms with van der Waals surface area (Å²) < 4.78 is 44.4. The van der Waals surface area contributed by atoms with Crippen LogP contribution in [0.1, 0.15) is 25.3 Å². The third-order valence-electron chi connectivity index (χ3n) is 7.76. The number of anilines is 2. The second kappa shape index (κ2) is 10.8. The molecule has 0 bridgehead atoms. The topological polar surface area (TPSA) is 86.2 Å². The van der Waals surface area contributed by atoms with Crippen molar-refractivity contribution in [1.29, 1.82) is 0 Å². The Hall–Kier alpha value is -3.67. The van der Waals surface area contributed by atoms with Crippen LogP contribution in [0.2, 0.25) is 0 Å². The second-order valence-electron chi connectivity index (χ2n) is 10.4. The van der Waals surface area contributed by atoms with Gasteiger partial charge in [-0.2, -0.15) is 13.2 Å². The summed E-state index contributed by atoms with van der Waals surface area (Å²) in [5, 5.41) is 18.0. The smallest absolute Gasteiger partial charge is 0.416 e. The molecule has 5 rings (SSSR count). The lowest BCUT2D eigenvalue weighted by atomic mass is 10.0. The van der Waals surface area contributed by atoms with Gasteiger partial charge in [-0.3, -0.25) is 15.0 Å². The first-order chi connectivity index (χ1) is 18.6. The molecule has 0 atom stereocenters. The van der Waals surface area contributed by atoms with Crippen LogP contribution in [-0.4, -0.2) is 67.4 Å². The molecular formula is C27H33F3N6O3. The van der Waals surface area contributed by atoms with Crippen molar-refractivity contribution in [2.75, 3.05) is 55.7 Å². The van der Waals surface area contributed by atoms with Gasteiger partial charge in [-0.25, -0.2) is 0 Å².